The van der Waals surface area contributed by atoms with Crippen LogP contribution in [-0.4, -0.2) is 0 Å². The molecule has 178 valence electrons. The maximum Gasteiger partial charge on any atom is -0.0162 e. The van der Waals surface area contributed by atoms with E-state index in [0.29, 0.717) is 0 Å². The molecule has 32 heavy (non-hydrogen) atoms. The molecule has 2 unspecified atom stereocenters. The van der Waals surface area contributed by atoms with Gasteiger partial charge >= 0.3 is 0 Å². The minimum atomic E-state index is 0.815. The molecule has 1 aromatic carbocycles. The molecule has 3 aliphatic carbocycles. The molecule has 3 aliphatic rings. The van der Waals surface area contributed by atoms with E-state index in [-0.39, 0.29) is 0 Å². The van der Waals surface area contributed by atoms with Crippen LogP contribution in [-0.2, 0) is 0 Å². The third-order valence-corrected chi connectivity index (χ3v) is 9.48. The smallest absolute Gasteiger partial charge is 0.0162 e. The highest BCUT2D eigenvalue weighted by molar-refractivity contribution is 5.28. The SMILES string of the molecule is CCCCCC1C=CC(C2CCC(c3ccc(C4CCC(CCC)CC4)cc3)CC2)CC1. The van der Waals surface area contributed by atoms with Gasteiger partial charge in [-0.05, 0) is 117 Å². The predicted molar refractivity (Wildman–Crippen MR) is 140 cm³/mol. The summed E-state index contributed by atoms with van der Waals surface area (Å²) < 4.78 is 0. The standard InChI is InChI=1S/C32H50/c1-3-5-6-8-26-11-15-28(16-12-26)30-19-23-32(24-20-30)31-21-17-29(18-22-31)27-13-9-25(7-4-2)10-14-27/h11,15,17-18,21-22,25-28,30,32H,3-10,12-14,16,19-20,23-24H2,1-2H3. The van der Waals surface area contributed by atoms with Crippen molar-refractivity contribution in [1.29, 1.82) is 0 Å². The van der Waals surface area contributed by atoms with Crippen LogP contribution in [0.15, 0.2) is 36.4 Å². The Bertz CT molecular complexity index is 666. The van der Waals surface area contributed by atoms with Crippen LogP contribution in [0, 0.1) is 23.7 Å². The maximum atomic E-state index is 2.63. The highest BCUT2D eigenvalue weighted by atomic mass is 14.3. The first kappa shape index (κ1) is 24.1. The molecule has 0 N–H and O–H groups in total. The van der Waals surface area contributed by atoms with Gasteiger partial charge in [0.1, 0.15) is 0 Å². The third-order valence-electron chi connectivity index (χ3n) is 9.48. The molecule has 2 atom stereocenters. The van der Waals surface area contributed by atoms with Gasteiger partial charge < -0.3 is 0 Å². The minimum Gasteiger partial charge on any atom is -0.0851 e. The topological polar surface area (TPSA) is 0 Å². The molecule has 0 saturated heterocycles. The van der Waals surface area contributed by atoms with E-state index in [4.69, 9.17) is 0 Å². The van der Waals surface area contributed by atoms with Crippen LogP contribution >= 0.6 is 0 Å². The van der Waals surface area contributed by atoms with E-state index in [1.807, 2.05) is 0 Å². The van der Waals surface area contributed by atoms with Gasteiger partial charge in [-0.3, -0.25) is 0 Å². The Labute approximate surface area is 199 Å². The van der Waals surface area contributed by atoms with Gasteiger partial charge in [-0.25, -0.2) is 0 Å². The highest BCUT2D eigenvalue weighted by Crippen LogP contribution is 2.43. The molecular formula is C32H50. The fraction of sp³-hybridized carbons (Fsp3) is 0.750. The molecule has 0 nitrogen and oxygen atoms in total. The first-order valence-electron chi connectivity index (χ1n) is 14.5. The summed E-state index contributed by atoms with van der Waals surface area (Å²) >= 11 is 0. The van der Waals surface area contributed by atoms with E-state index >= 15 is 0 Å². The third kappa shape index (κ3) is 6.51. The molecule has 0 heterocycles. The molecule has 0 amide bonds. The number of hydrogen-bond acceptors (Lipinski definition) is 0. The van der Waals surface area contributed by atoms with E-state index in [9.17, 15) is 0 Å². The monoisotopic (exact) mass is 434 g/mol. The van der Waals surface area contributed by atoms with E-state index in [2.05, 4.69) is 50.3 Å². The number of hydrogen-bond donors (Lipinski definition) is 0. The van der Waals surface area contributed by atoms with E-state index in [1.54, 1.807) is 11.1 Å². The second kappa shape index (κ2) is 12.4. The lowest BCUT2D eigenvalue weighted by atomic mass is 9.70. The lowest BCUT2D eigenvalue weighted by molar-refractivity contribution is 0.239. The summed E-state index contributed by atoms with van der Waals surface area (Å²) in [5.41, 5.74) is 3.25. The quantitative estimate of drug-likeness (QED) is 0.268. The highest BCUT2D eigenvalue weighted by Gasteiger charge is 2.29. The molecule has 0 bridgehead atoms. The molecule has 0 aliphatic heterocycles. The number of allylic oxidation sites excluding steroid dienone is 2. The Morgan fingerprint density at radius 3 is 1.75 bits per heavy atom. The second-order valence-electron chi connectivity index (χ2n) is 11.7. The van der Waals surface area contributed by atoms with Crippen molar-refractivity contribution in [3.05, 3.63) is 47.5 Å². The summed E-state index contributed by atoms with van der Waals surface area (Å²) in [4.78, 5) is 0. The molecule has 1 aromatic rings. The van der Waals surface area contributed by atoms with Crippen molar-refractivity contribution in [2.45, 2.75) is 128 Å². The van der Waals surface area contributed by atoms with Gasteiger partial charge in [-0.1, -0.05) is 82.4 Å². The van der Waals surface area contributed by atoms with Gasteiger partial charge in [0.2, 0.25) is 0 Å². The van der Waals surface area contributed by atoms with Gasteiger partial charge in [0.15, 0.2) is 0 Å². The summed E-state index contributed by atoms with van der Waals surface area (Å²) in [6.07, 6.45) is 28.1. The van der Waals surface area contributed by atoms with Crippen molar-refractivity contribution in [1.82, 2.24) is 0 Å². The first-order valence-corrected chi connectivity index (χ1v) is 14.5. The van der Waals surface area contributed by atoms with Crippen LogP contribution in [0.2, 0.25) is 0 Å². The van der Waals surface area contributed by atoms with Crippen LogP contribution in [0.4, 0.5) is 0 Å². The van der Waals surface area contributed by atoms with Crippen LogP contribution < -0.4 is 0 Å². The molecule has 0 aromatic heterocycles. The Kier molecular flexibility index (Phi) is 9.36. The molecule has 2 fully saturated rings. The van der Waals surface area contributed by atoms with Gasteiger partial charge in [-0.2, -0.15) is 0 Å². The Hall–Kier alpha value is -1.04. The molecule has 0 spiro atoms. The lowest BCUT2D eigenvalue weighted by Crippen LogP contribution is -2.22. The Morgan fingerprint density at radius 2 is 1.22 bits per heavy atom. The average molecular weight is 435 g/mol. The normalized spacial score (nSPS) is 33.3. The second-order valence-corrected chi connectivity index (χ2v) is 11.7. The van der Waals surface area contributed by atoms with Crippen LogP contribution in [0.3, 0.4) is 0 Å². The summed E-state index contributed by atoms with van der Waals surface area (Å²) in [6, 6.07) is 9.99. The molecular weight excluding hydrogens is 384 g/mol. The summed E-state index contributed by atoms with van der Waals surface area (Å²) in [5, 5.41) is 0. The average Bonchev–Trinajstić information content (AvgIpc) is 2.86. The van der Waals surface area contributed by atoms with Crippen LogP contribution in [0.25, 0.3) is 0 Å². The number of benzene rings is 1. The fourth-order valence-electron chi connectivity index (χ4n) is 7.30. The molecule has 2 saturated carbocycles. The van der Waals surface area contributed by atoms with Crippen molar-refractivity contribution in [3.8, 4) is 0 Å². The summed E-state index contributed by atoms with van der Waals surface area (Å²) in [5.74, 6) is 5.37. The van der Waals surface area contributed by atoms with Crippen molar-refractivity contribution in [3.63, 3.8) is 0 Å². The number of unbranched alkanes of at least 4 members (excludes halogenated alkanes) is 2. The van der Waals surface area contributed by atoms with Gasteiger partial charge in [-0.15, -0.1) is 0 Å². The summed E-state index contributed by atoms with van der Waals surface area (Å²) in [7, 11) is 0. The van der Waals surface area contributed by atoms with Gasteiger partial charge in [0.25, 0.3) is 0 Å². The number of rotatable bonds is 9. The molecule has 0 heteroatoms. The zero-order valence-corrected chi connectivity index (χ0v) is 21.2. The van der Waals surface area contributed by atoms with Gasteiger partial charge in [0, 0.05) is 0 Å². The molecule has 0 radical (unpaired) electrons. The van der Waals surface area contributed by atoms with Crippen molar-refractivity contribution in [2.75, 3.05) is 0 Å². The maximum absolute atomic E-state index is 2.63. The van der Waals surface area contributed by atoms with Crippen molar-refractivity contribution < 1.29 is 0 Å². The Balaban J connectivity index is 1.21. The van der Waals surface area contributed by atoms with E-state index in [0.717, 1.165) is 35.5 Å². The lowest BCUT2D eigenvalue weighted by Gasteiger charge is -2.35. The van der Waals surface area contributed by atoms with Crippen molar-refractivity contribution >= 4 is 0 Å². The fourth-order valence-corrected chi connectivity index (χ4v) is 7.30. The zero-order chi connectivity index (χ0) is 22.2. The molecule has 4 rings (SSSR count). The minimum absolute atomic E-state index is 0.815. The zero-order valence-electron chi connectivity index (χ0n) is 21.2. The first-order chi connectivity index (χ1) is 15.8. The van der Waals surface area contributed by atoms with Gasteiger partial charge in [0.05, 0.1) is 0 Å². The van der Waals surface area contributed by atoms with Crippen LogP contribution in [0.1, 0.15) is 140 Å². The Morgan fingerprint density at radius 1 is 0.594 bits per heavy atom. The van der Waals surface area contributed by atoms with E-state index in [1.165, 1.54) is 103 Å². The van der Waals surface area contributed by atoms with Crippen molar-refractivity contribution in [2.24, 2.45) is 23.7 Å². The largest absolute Gasteiger partial charge is 0.0851 e. The summed E-state index contributed by atoms with van der Waals surface area (Å²) in [6.45, 7) is 4.66. The van der Waals surface area contributed by atoms with Crippen LogP contribution in [0.5, 0.6) is 0 Å². The van der Waals surface area contributed by atoms with E-state index < -0.39 is 0 Å². The predicted octanol–water partition coefficient (Wildman–Crippen LogP) is 10.2.